The monoisotopic (exact) mass is 362 g/mol. The molecule has 3 rings (SSSR count). The van der Waals surface area contributed by atoms with Crippen LogP contribution in [0.3, 0.4) is 0 Å². The third kappa shape index (κ3) is 4.27. The van der Waals surface area contributed by atoms with Crippen LogP contribution in [0.1, 0.15) is 6.92 Å². The largest absolute Gasteiger partial charge is 0.450 e. The summed E-state index contributed by atoms with van der Waals surface area (Å²) in [5.74, 6) is 1.08. The van der Waals surface area contributed by atoms with E-state index in [4.69, 9.17) is 16.3 Å². The molecule has 2 aromatic rings. The molecule has 0 unspecified atom stereocenters. The van der Waals surface area contributed by atoms with Crippen LogP contribution >= 0.6 is 11.6 Å². The van der Waals surface area contributed by atoms with Crippen molar-refractivity contribution in [3.63, 3.8) is 0 Å². The highest BCUT2D eigenvalue weighted by Crippen LogP contribution is 2.23. The van der Waals surface area contributed by atoms with E-state index in [0.29, 0.717) is 49.6 Å². The molecule has 1 aliphatic rings. The Morgan fingerprint density at radius 2 is 2.04 bits per heavy atom. The topological polar surface area (TPSA) is 83.5 Å². The Morgan fingerprint density at radius 3 is 2.76 bits per heavy atom. The highest BCUT2D eigenvalue weighted by Gasteiger charge is 2.23. The number of hydrogen-bond acceptors (Lipinski definition) is 7. The number of aromatic nitrogens is 3. The van der Waals surface area contributed by atoms with E-state index in [1.165, 1.54) is 0 Å². The third-order valence-electron chi connectivity index (χ3n) is 3.80. The number of carbonyl (C=O) groups is 1. The zero-order chi connectivity index (χ0) is 17.6. The molecule has 1 amide bonds. The number of hydrogen-bond donors (Lipinski definition) is 1. The second-order valence-corrected chi connectivity index (χ2v) is 5.82. The number of carbonyl (C=O) groups excluding carboxylic acids is 1. The third-order valence-corrected chi connectivity index (χ3v) is 4.13. The smallest absolute Gasteiger partial charge is 0.409 e. The van der Waals surface area contributed by atoms with Crippen LogP contribution in [0, 0.1) is 0 Å². The SMILES string of the molecule is CCOC(=O)N1CCN(c2cnnc(Nc3ccccc3Cl)n2)CC1. The van der Waals surface area contributed by atoms with E-state index < -0.39 is 0 Å². The number of rotatable bonds is 4. The Hall–Kier alpha value is -2.61. The van der Waals surface area contributed by atoms with E-state index in [0.717, 1.165) is 5.69 Å². The number of halogens is 1. The lowest BCUT2D eigenvalue weighted by Crippen LogP contribution is -2.49. The predicted octanol–water partition coefficient (Wildman–Crippen LogP) is 2.55. The molecule has 1 aromatic carbocycles. The molecule has 0 bridgehead atoms. The van der Waals surface area contributed by atoms with Gasteiger partial charge >= 0.3 is 6.09 Å². The lowest BCUT2D eigenvalue weighted by atomic mass is 10.3. The van der Waals surface area contributed by atoms with Crippen molar-refractivity contribution in [3.05, 3.63) is 35.5 Å². The van der Waals surface area contributed by atoms with Gasteiger partial charge in [-0.25, -0.2) is 4.79 Å². The maximum Gasteiger partial charge on any atom is 0.409 e. The minimum Gasteiger partial charge on any atom is -0.450 e. The first-order chi connectivity index (χ1) is 12.2. The first kappa shape index (κ1) is 17.2. The Balaban J connectivity index is 1.64. The summed E-state index contributed by atoms with van der Waals surface area (Å²) >= 11 is 6.14. The quantitative estimate of drug-likeness (QED) is 0.894. The molecular weight excluding hydrogens is 344 g/mol. The highest BCUT2D eigenvalue weighted by molar-refractivity contribution is 6.33. The molecule has 0 atom stereocenters. The minimum atomic E-state index is -0.274. The van der Waals surface area contributed by atoms with Crippen molar-refractivity contribution in [1.82, 2.24) is 20.1 Å². The number of piperazine rings is 1. The molecule has 0 radical (unpaired) electrons. The van der Waals surface area contributed by atoms with E-state index in [1.807, 2.05) is 18.2 Å². The number of nitrogens with zero attached hydrogens (tertiary/aromatic N) is 5. The van der Waals surface area contributed by atoms with Crippen molar-refractivity contribution in [1.29, 1.82) is 0 Å². The van der Waals surface area contributed by atoms with Gasteiger partial charge in [0.05, 0.1) is 23.5 Å². The fourth-order valence-electron chi connectivity index (χ4n) is 2.52. The van der Waals surface area contributed by atoms with Gasteiger partial charge in [0.15, 0.2) is 5.82 Å². The predicted molar refractivity (Wildman–Crippen MR) is 95.4 cm³/mol. The molecule has 0 spiro atoms. The van der Waals surface area contributed by atoms with E-state index in [9.17, 15) is 4.79 Å². The van der Waals surface area contributed by atoms with Gasteiger partial charge in [-0.15, -0.1) is 5.10 Å². The van der Waals surface area contributed by atoms with Gasteiger partial charge in [0, 0.05) is 26.2 Å². The molecular formula is C16H19ClN6O2. The Bertz CT molecular complexity index is 736. The molecule has 9 heteroatoms. The summed E-state index contributed by atoms with van der Waals surface area (Å²) in [6.45, 7) is 4.65. The Morgan fingerprint density at radius 1 is 1.28 bits per heavy atom. The first-order valence-electron chi connectivity index (χ1n) is 8.05. The first-order valence-corrected chi connectivity index (χ1v) is 8.43. The number of ether oxygens (including phenoxy) is 1. The zero-order valence-electron chi connectivity index (χ0n) is 13.9. The van der Waals surface area contributed by atoms with Crippen molar-refractivity contribution in [2.24, 2.45) is 0 Å². The lowest BCUT2D eigenvalue weighted by molar-refractivity contribution is 0.105. The van der Waals surface area contributed by atoms with Gasteiger partial charge < -0.3 is 19.9 Å². The standard InChI is InChI=1S/C16H19ClN6O2/c1-2-25-16(24)23-9-7-22(8-10-23)14-11-18-21-15(20-14)19-13-6-4-3-5-12(13)17/h3-6,11H,2,7-10H2,1H3,(H,19,20,21). The normalized spacial score (nSPS) is 14.3. The minimum absolute atomic E-state index is 0.274. The number of anilines is 3. The molecule has 1 N–H and O–H groups in total. The molecule has 8 nitrogen and oxygen atoms in total. The van der Waals surface area contributed by atoms with Crippen LogP contribution in [0.15, 0.2) is 30.5 Å². The van der Waals surface area contributed by atoms with Gasteiger partial charge in [-0.2, -0.15) is 10.1 Å². The summed E-state index contributed by atoms with van der Waals surface area (Å²) in [5.41, 5.74) is 0.718. The highest BCUT2D eigenvalue weighted by atomic mass is 35.5. The summed E-state index contributed by atoms with van der Waals surface area (Å²) in [6, 6.07) is 7.36. The summed E-state index contributed by atoms with van der Waals surface area (Å²) in [4.78, 5) is 20.0. The molecule has 2 heterocycles. The van der Waals surface area contributed by atoms with Crippen LogP contribution in [-0.2, 0) is 4.74 Å². The van der Waals surface area contributed by atoms with Gasteiger partial charge in [0.25, 0.3) is 0 Å². The van der Waals surface area contributed by atoms with Crippen LogP contribution in [0.4, 0.5) is 22.2 Å². The average molecular weight is 363 g/mol. The van der Waals surface area contributed by atoms with Crippen LogP contribution in [0.25, 0.3) is 0 Å². The molecule has 0 saturated carbocycles. The summed E-state index contributed by atoms with van der Waals surface area (Å²) in [6.07, 6.45) is 1.33. The van der Waals surface area contributed by atoms with E-state index >= 15 is 0 Å². The fraction of sp³-hybridized carbons (Fsp3) is 0.375. The van der Waals surface area contributed by atoms with E-state index in [1.54, 1.807) is 24.1 Å². The van der Waals surface area contributed by atoms with Crippen molar-refractivity contribution in [2.45, 2.75) is 6.92 Å². The van der Waals surface area contributed by atoms with Gasteiger partial charge in [-0.1, -0.05) is 23.7 Å². The number of nitrogens with one attached hydrogen (secondary N) is 1. The van der Waals surface area contributed by atoms with Gasteiger partial charge in [0.1, 0.15) is 0 Å². The molecule has 1 fully saturated rings. The fourth-order valence-corrected chi connectivity index (χ4v) is 2.70. The van der Waals surface area contributed by atoms with Crippen LogP contribution in [0.2, 0.25) is 5.02 Å². The van der Waals surface area contributed by atoms with E-state index in [2.05, 4.69) is 25.4 Å². The van der Waals surface area contributed by atoms with E-state index in [-0.39, 0.29) is 6.09 Å². The Labute approximate surface area is 150 Å². The number of benzene rings is 1. The number of para-hydroxylation sites is 1. The van der Waals surface area contributed by atoms with Crippen molar-refractivity contribution in [2.75, 3.05) is 43.0 Å². The van der Waals surface area contributed by atoms with Gasteiger partial charge in [-0.05, 0) is 19.1 Å². The van der Waals surface area contributed by atoms with Crippen LogP contribution in [0.5, 0.6) is 0 Å². The van der Waals surface area contributed by atoms with Gasteiger partial charge in [0.2, 0.25) is 5.95 Å². The molecule has 1 aromatic heterocycles. The molecule has 132 valence electrons. The molecule has 0 aliphatic carbocycles. The maximum absolute atomic E-state index is 11.8. The summed E-state index contributed by atoms with van der Waals surface area (Å²) in [7, 11) is 0. The van der Waals surface area contributed by atoms with Gasteiger partial charge in [-0.3, -0.25) is 0 Å². The average Bonchev–Trinajstić information content (AvgIpc) is 2.64. The summed E-state index contributed by atoms with van der Waals surface area (Å²) < 4.78 is 5.03. The molecule has 1 saturated heterocycles. The van der Waals surface area contributed by atoms with Crippen LogP contribution < -0.4 is 10.2 Å². The number of amides is 1. The van der Waals surface area contributed by atoms with Crippen molar-refractivity contribution < 1.29 is 9.53 Å². The van der Waals surface area contributed by atoms with Crippen molar-refractivity contribution in [3.8, 4) is 0 Å². The molecule has 1 aliphatic heterocycles. The molecule has 25 heavy (non-hydrogen) atoms. The van der Waals surface area contributed by atoms with Crippen molar-refractivity contribution >= 4 is 35.1 Å². The second-order valence-electron chi connectivity index (χ2n) is 5.42. The second kappa shape index (κ2) is 7.98. The maximum atomic E-state index is 11.8. The Kier molecular flexibility index (Phi) is 5.49. The summed E-state index contributed by atoms with van der Waals surface area (Å²) in [5, 5.41) is 11.7. The zero-order valence-corrected chi connectivity index (χ0v) is 14.6. The lowest BCUT2D eigenvalue weighted by Gasteiger charge is -2.34. The van der Waals surface area contributed by atoms with Crippen LogP contribution in [-0.4, -0.2) is 59.0 Å².